The van der Waals surface area contributed by atoms with Gasteiger partial charge in [0.25, 0.3) is 5.91 Å². The van der Waals surface area contributed by atoms with Crippen LogP contribution in [0.2, 0.25) is 0 Å². The van der Waals surface area contributed by atoms with Gasteiger partial charge in [-0.1, -0.05) is 65.6 Å². The van der Waals surface area contributed by atoms with Gasteiger partial charge in [0, 0.05) is 17.0 Å². The van der Waals surface area contributed by atoms with Gasteiger partial charge < -0.3 is 10.6 Å². The maximum absolute atomic E-state index is 12.9. The van der Waals surface area contributed by atoms with E-state index < -0.39 is 0 Å². The molecule has 8 heteroatoms. The maximum atomic E-state index is 12.9. The van der Waals surface area contributed by atoms with Crippen LogP contribution in [0.4, 0.5) is 5.00 Å². The van der Waals surface area contributed by atoms with Gasteiger partial charge in [0.05, 0.1) is 11.3 Å². The lowest BCUT2D eigenvalue weighted by atomic mass is 10.1. The summed E-state index contributed by atoms with van der Waals surface area (Å²) in [6.45, 7) is 2.49. The third-order valence-electron chi connectivity index (χ3n) is 3.93. The molecule has 1 aromatic heterocycles. The maximum Gasteiger partial charge on any atom is 0.257 e. The molecule has 0 saturated carbocycles. The molecule has 0 atom stereocenters. The minimum Gasteiger partial charge on any atom is -0.356 e. The summed E-state index contributed by atoms with van der Waals surface area (Å²) in [5, 5.41) is 6.48. The number of anilines is 1. The molecule has 0 unspecified atom stereocenters. The lowest BCUT2D eigenvalue weighted by Crippen LogP contribution is -2.24. The zero-order chi connectivity index (χ0) is 20.6. The molecule has 2 N–H and O–H groups in total. The first-order valence-corrected chi connectivity index (χ1v) is 12.0. The van der Waals surface area contributed by atoms with E-state index in [1.54, 1.807) is 0 Å². The summed E-state index contributed by atoms with van der Waals surface area (Å²) in [7, 11) is 0. The van der Waals surface area contributed by atoms with Crippen molar-refractivity contribution in [3.63, 3.8) is 0 Å². The van der Waals surface area contributed by atoms with Crippen LogP contribution in [0, 0.1) is 0 Å². The van der Waals surface area contributed by atoms with Crippen molar-refractivity contribution in [1.29, 1.82) is 0 Å². The number of carbonyl (C=O) groups is 2. The van der Waals surface area contributed by atoms with Crippen molar-refractivity contribution in [2.75, 3.05) is 23.9 Å². The van der Waals surface area contributed by atoms with Crippen molar-refractivity contribution in [2.45, 2.75) is 16.2 Å². The molecule has 0 aliphatic carbocycles. The molecule has 0 spiro atoms. The Balaban J connectivity index is 1.87. The van der Waals surface area contributed by atoms with E-state index in [1.165, 1.54) is 34.9 Å². The normalized spacial score (nSPS) is 10.6. The van der Waals surface area contributed by atoms with Crippen molar-refractivity contribution in [2.24, 2.45) is 0 Å². The molecule has 1 heterocycles. The zero-order valence-corrected chi connectivity index (χ0v) is 18.5. The highest BCUT2D eigenvalue weighted by Gasteiger charge is 2.18. The molecule has 5 nitrogen and oxygen atoms in total. The molecule has 2 amide bonds. The summed E-state index contributed by atoms with van der Waals surface area (Å²) in [5.74, 6) is 0.0858. The van der Waals surface area contributed by atoms with E-state index in [9.17, 15) is 9.59 Å². The Morgan fingerprint density at radius 1 is 1.07 bits per heavy atom. The Labute approximate surface area is 182 Å². The highest BCUT2D eigenvalue weighted by molar-refractivity contribution is 8.01. The number of benzene rings is 2. The number of nitrogens with one attached hydrogen (secondary N) is 2. The summed E-state index contributed by atoms with van der Waals surface area (Å²) >= 11 is 4.29. The predicted molar refractivity (Wildman–Crippen MR) is 123 cm³/mol. The van der Waals surface area contributed by atoms with E-state index in [-0.39, 0.29) is 17.6 Å². The molecule has 0 saturated heterocycles. The molecular formula is C21H21N3O2S3. The minimum absolute atomic E-state index is 0.0338. The molecule has 29 heavy (non-hydrogen) atoms. The van der Waals surface area contributed by atoms with Crippen LogP contribution in [-0.2, 0) is 4.79 Å². The number of rotatable bonds is 8. The Morgan fingerprint density at radius 3 is 2.52 bits per heavy atom. The first-order chi connectivity index (χ1) is 14.1. The van der Waals surface area contributed by atoms with E-state index in [1.807, 2.05) is 67.8 Å². The molecule has 2 aromatic carbocycles. The molecule has 0 aliphatic heterocycles. The van der Waals surface area contributed by atoms with Gasteiger partial charge >= 0.3 is 0 Å². The summed E-state index contributed by atoms with van der Waals surface area (Å²) < 4.78 is 0.739. The number of thiazole rings is 1. The van der Waals surface area contributed by atoms with E-state index >= 15 is 0 Å². The van der Waals surface area contributed by atoms with Crippen LogP contribution in [0.15, 0.2) is 63.8 Å². The number of nitrogens with zero attached hydrogens (tertiary/aromatic N) is 1. The van der Waals surface area contributed by atoms with Gasteiger partial charge in [-0.2, -0.15) is 0 Å². The third-order valence-corrected chi connectivity index (χ3v) is 6.84. The van der Waals surface area contributed by atoms with Crippen molar-refractivity contribution in [1.82, 2.24) is 10.3 Å². The van der Waals surface area contributed by atoms with Crippen molar-refractivity contribution < 1.29 is 9.59 Å². The van der Waals surface area contributed by atoms with Crippen LogP contribution in [-0.4, -0.2) is 35.4 Å². The van der Waals surface area contributed by atoms with Crippen LogP contribution in [0.1, 0.15) is 17.3 Å². The van der Waals surface area contributed by atoms with E-state index in [2.05, 4.69) is 15.6 Å². The van der Waals surface area contributed by atoms with Gasteiger partial charge in [0.15, 0.2) is 4.34 Å². The van der Waals surface area contributed by atoms with Crippen molar-refractivity contribution >= 4 is 51.7 Å². The smallest absolute Gasteiger partial charge is 0.257 e. The average molecular weight is 444 g/mol. The van der Waals surface area contributed by atoms with Gasteiger partial charge in [-0.15, -0.1) is 11.8 Å². The average Bonchev–Trinajstić information content (AvgIpc) is 3.15. The van der Waals surface area contributed by atoms with Gasteiger partial charge in [-0.25, -0.2) is 4.98 Å². The van der Waals surface area contributed by atoms with Crippen LogP contribution in [0.3, 0.4) is 0 Å². The quantitative estimate of drug-likeness (QED) is 0.479. The first-order valence-electron chi connectivity index (χ1n) is 9.02. The Kier molecular flexibility index (Phi) is 7.74. The fourth-order valence-corrected chi connectivity index (χ4v) is 5.10. The Bertz CT molecular complexity index is 990. The first kappa shape index (κ1) is 21.4. The van der Waals surface area contributed by atoms with Gasteiger partial charge in [0.2, 0.25) is 5.91 Å². The van der Waals surface area contributed by atoms with E-state index in [4.69, 9.17) is 0 Å². The zero-order valence-electron chi connectivity index (χ0n) is 16.1. The van der Waals surface area contributed by atoms with Crippen LogP contribution >= 0.6 is 34.9 Å². The second-order valence-electron chi connectivity index (χ2n) is 5.92. The third kappa shape index (κ3) is 5.62. The van der Waals surface area contributed by atoms with E-state index in [0.29, 0.717) is 22.8 Å². The topological polar surface area (TPSA) is 71.1 Å². The second kappa shape index (κ2) is 10.5. The van der Waals surface area contributed by atoms with Crippen LogP contribution < -0.4 is 10.6 Å². The molecule has 3 rings (SSSR count). The molecule has 0 fully saturated rings. The van der Waals surface area contributed by atoms with Gasteiger partial charge in [-0.3, -0.25) is 9.59 Å². The van der Waals surface area contributed by atoms with Crippen LogP contribution in [0.25, 0.3) is 11.3 Å². The largest absolute Gasteiger partial charge is 0.356 e. The van der Waals surface area contributed by atoms with Crippen LogP contribution in [0.5, 0.6) is 0 Å². The monoisotopic (exact) mass is 443 g/mol. The summed E-state index contributed by atoms with van der Waals surface area (Å²) in [5.41, 5.74) is 2.26. The summed E-state index contributed by atoms with van der Waals surface area (Å²) in [4.78, 5) is 30.3. The molecule has 0 bridgehead atoms. The molecule has 0 radical (unpaired) electrons. The van der Waals surface area contributed by atoms with E-state index in [0.717, 1.165) is 14.8 Å². The highest BCUT2D eigenvalue weighted by Crippen LogP contribution is 2.38. The number of hydrogen-bond donors (Lipinski definition) is 2. The minimum atomic E-state index is -0.170. The lowest BCUT2D eigenvalue weighted by molar-refractivity contribution is -0.118. The fourth-order valence-electron chi connectivity index (χ4n) is 2.62. The Hall–Kier alpha value is -2.29. The number of aromatic nitrogens is 1. The van der Waals surface area contributed by atoms with Crippen molar-refractivity contribution in [3.8, 4) is 11.3 Å². The SMILES string of the molecule is CCNC(=O)CSc1nc(-c2ccccc2)c(NC(=O)c2ccccc2SC)s1. The molecule has 0 aliphatic rings. The van der Waals surface area contributed by atoms with Crippen molar-refractivity contribution in [3.05, 3.63) is 60.2 Å². The highest BCUT2D eigenvalue weighted by atomic mass is 32.2. The molecule has 150 valence electrons. The number of carbonyl (C=O) groups excluding carboxylic acids is 2. The lowest BCUT2D eigenvalue weighted by Gasteiger charge is -2.08. The summed E-state index contributed by atoms with van der Waals surface area (Å²) in [6.07, 6.45) is 1.95. The molecular weight excluding hydrogens is 422 g/mol. The van der Waals surface area contributed by atoms with Gasteiger partial charge in [-0.05, 0) is 25.3 Å². The molecule has 3 aromatic rings. The Morgan fingerprint density at radius 2 is 1.79 bits per heavy atom. The predicted octanol–water partition coefficient (Wildman–Crippen LogP) is 5.01. The summed E-state index contributed by atoms with van der Waals surface area (Å²) in [6, 6.07) is 17.2. The number of amides is 2. The fraction of sp³-hybridized carbons (Fsp3) is 0.190. The van der Waals surface area contributed by atoms with Gasteiger partial charge in [0.1, 0.15) is 10.7 Å². The second-order valence-corrected chi connectivity index (χ2v) is 8.99. The number of hydrogen-bond acceptors (Lipinski definition) is 6. The number of thioether (sulfide) groups is 2. The standard InChI is InChI=1S/C21H21N3O2S3/c1-3-22-17(25)13-28-21-23-18(14-9-5-4-6-10-14)20(29-21)24-19(26)15-11-7-8-12-16(15)27-2/h4-12H,3,13H2,1-2H3,(H,22,25)(H,24,26).